The number of aliphatic hydroxyl groups excluding tert-OH is 1. The molecule has 3 nitrogen and oxygen atoms in total. The smallest absolute Gasteiger partial charge is 0.212 e. The molecule has 128 valence electrons. The Morgan fingerprint density at radius 2 is 1.92 bits per heavy atom. The van der Waals surface area contributed by atoms with Gasteiger partial charge in [-0.15, -0.1) is 6.58 Å². The Bertz CT molecular complexity index is 843. The molecule has 2 heterocycles. The molecule has 2 aromatic carbocycles. The maximum absolute atomic E-state index is 9.72. The Labute approximate surface area is 148 Å². The lowest BCUT2D eigenvalue weighted by Gasteiger charge is -2.48. The number of aliphatic hydroxyl groups is 1. The fourth-order valence-corrected chi connectivity index (χ4v) is 4.33. The summed E-state index contributed by atoms with van der Waals surface area (Å²) in [5.41, 5.74) is 2.44. The minimum absolute atomic E-state index is 0.0686. The monoisotopic (exact) mass is 333 g/mol. The maximum Gasteiger partial charge on any atom is 0.212 e. The van der Waals surface area contributed by atoms with Gasteiger partial charge >= 0.3 is 0 Å². The summed E-state index contributed by atoms with van der Waals surface area (Å²) in [6, 6.07) is 16.5. The van der Waals surface area contributed by atoms with Gasteiger partial charge in [0.15, 0.2) is 0 Å². The molecule has 1 N–H and O–H groups in total. The zero-order valence-electron chi connectivity index (χ0n) is 14.5. The normalized spacial score (nSPS) is 26.2. The maximum atomic E-state index is 9.72. The molecule has 0 aromatic heterocycles. The van der Waals surface area contributed by atoms with Crippen LogP contribution in [-0.2, 0) is 5.41 Å². The van der Waals surface area contributed by atoms with Gasteiger partial charge in [0.1, 0.15) is 5.75 Å². The number of β-amino-alcohol motifs (C(OH)–C–C–N with tert-alkyl or cyclic N) is 1. The molecule has 3 heteroatoms. The number of hydrogen-bond donors (Lipinski definition) is 1. The largest absolute Gasteiger partial charge is 0.463 e. The van der Waals surface area contributed by atoms with E-state index in [0.29, 0.717) is 6.54 Å². The number of fused-ring (bicyclic) bond motifs is 2. The van der Waals surface area contributed by atoms with Crippen molar-refractivity contribution in [1.29, 1.82) is 0 Å². The van der Waals surface area contributed by atoms with Gasteiger partial charge in [0.05, 0.1) is 12.0 Å². The minimum Gasteiger partial charge on any atom is -0.463 e. The Morgan fingerprint density at radius 1 is 1.16 bits per heavy atom. The average Bonchev–Trinajstić information content (AvgIpc) is 2.83. The van der Waals surface area contributed by atoms with Crippen molar-refractivity contribution in [2.45, 2.75) is 24.5 Å². The average molecular weight is 333 g/mol. The molecule has 0 fully saturated rings. The lowest BCUT2D eigenvalue weighted by atomic mass is 9.72. The van der Waals surface area contributed by atoms with Gasteiger partial charge in [0, 0.05) is 17.8 Å². The van der Waals surface area contributed by atoms with Gasteiger partial charge in [-0.05, 0) is 43.2 Å². The molecule has 0 radical (unpaired) electrons. The summed E-state index contributed by atoms with van der Waals surface area (Å²) in [5.74, 6) is 0.871. The van der Waals surface area contributed by atoms with Crippen molar-refractivity contribution < 1.29 is 9.84 Å². The van der Waals surface area contributed by atoms with Gasteiger partial charge < -0.3 is 14.7 Å². The van der Waals surface area contributed by atoms with Crippen molar-refractivity contribution in [1.82, 2.24) is 0 Å². The zero-order chi connectivity index (χ0) is 17.5. The molecule has 2 atom stereocenters. The summed E-state index contributed by atoms with van der Waals surface area (Å²) in [4.78, 5) is 2.19. The molecule has 0 saturated carbocycles. The standard InChI is InChI=1S/C22H23NO2/c1-3-13-21(2)18-9-5-6-10-19(18)23(15-16-24)22(21)14-12-17-8-4-7-11-20(17)25-22/h3-12,14,24H,1,13,15-16H2,2H3. The molecular weight excluding hydrogens is 310 g/mol. The van der Waals surface area contributed by atoms with Crippen LogP contribution in [0, 0.1) is 0 Å². The zero-order valence-corrected chi connectivity index (χ0v) is 14.5. The van der Waals surface area contributed by atoms with Crippen molar-refractivity contribution >= 4 is 11.8 Å². The fourth-order valence-electron chi connectivity index (χ4n) is 4.33. The summed E-state index contributed by atoms with van der Waals surface area (Å²) < 4.78 is 6.68. The van der Waals surface area contributed by atoms with Crippen LogP contribution < -0.4 is 9.64 Å². The molecule has 0 bridgehead atoms. The van der Waals surface area contributed by atoms with Crippen LogP contribution in [0.4, 0.5) is 5.69 Å². The van der Waals surface area contributed by atoms with Crippen LogP contribution in [0.15, 0.2) is 67.3 Å². The van der Waals surface area contributed by atoms with Crippen LogP contribution in [-0.4, -0.2) is 24.0 Å². The number of allylic oxidation sites excluding steroid dienone is 1. The van der Waals surface area contributed by atoms with Crippen molar-refractivity contribution in [3.63, 3.8) is 0 Å². The number of nitrogens with zero attached hydrogens (tertiary/aromatic N) is 1. The summed E-state index contributed by atoms with van der Waals surface area (Å²) in [7, 11) is 0. The highest BCUT2D eigenvalue weighted by molar-refractivity contribution is 5.72. The van der Waals surface area contributed by atoms with E-state index in [0.717, 1.165) is 23.4 Å². The lowest BCUT2D eigenvalue weighted by Crippen LogP contribution is -2.61. The summed E-state index contributed by atoms with van der Waals surface area (Å²) in [6.45, 7) is 6.79. The van der Waals surface area contributed by atoms with Crippen LogP contribution in [0.3, 0.4) is 0 Å². The number of rotatable bonds is 4. The Hall–Kier alpha value is -2.52. The second-order valence-corrected chi connectivity index (χ2v) is 6.89. The highest BCUT2D eigenvalue weighted by Gasteiger charge is 2.60. The highest BCUT2D eigenvalue weighted by atomic mass is 16.5. The first-order chi connectivity index (χ1) is 12.2. The molecular formula is C22H23NO2. The predicted molar refractivity (Wildman–Crippen MR) is 102 cm³/mol. The Kier molecular flexibility index (Phi) is 3.69. The molecule has 1 spiro atoms. The van der Waals surface area contributed by atoms with E-state index in [-0.39, 0.29) is 12.0 Å². The second kappa shape index (κ2) is 5.78. The SMILES string of the molecule is C=CCC1(C)c2ccccc2N(CCO)C12C=Cc1ccccc1O2. The summed E-state index contributed by atoms with van der Waals surface area (Å²) in [6.07, 6.45) is 7.02. The molecule has 2 aromatic rings. The van der Waals surface area contributed by atoms with Gasteiger partial charge in [-0.3, -0.25) is 0 Å². The molecule has 2 unspecified atom stereocenters. The molecule has 2 aliphatic rings. The highest BCUT2D eigenvalue weighted by Crippen LogP contribution is 2.56. The van der Waals surface area contributed by atoms with Crippen molar-refractivity contribution in [2.24, 2.45) is 0 Å². The van der Waals surface area contributed by atoms with Gasteiger partial charge in [-0.2, -0.15) is 0 Å². The van der Waals surface area contributed by atoms with Crippen LogP contribution in [0.1, 0.15) is 24.5 Å². The van der Waals surface area contributed by atoms with Crippen LogP contribution in [0.2, 0.25) is 0 Å². The molecule has 0 aliphatic carbocycles. The van der Waals surface area contributed by atoms with Crippen molar-refractivity contribution in [3.8, 4) is 5.75 Å². The fraction of sp³-hybridized carbons (Fsp3) is 0.273. The number of para-hydroxylation sites is 2. The van der Waals surface area contributed by atoms with Gasteiger partial charge in [0.2, 0.25) is 5.72 Å². The molecule has 0 amide bonds. The Morgan fingerprint density at radius 3 is 2.72 bits per heavy atom. The first kappa shape index (κ1) is 16.0. The topological polar surface area (TPSA) is 32.7 Å². The van der Waals surface area contributed by atoms with Gasteiger partial charge in [-0.1, -0.05) is 42.5 Å². The third-order valence-corrected chi connectivity index (χ3v) is 5.53. The van der Waals surface area contributed by atoms with E-state index in [1.807, 2.05) is 30.3 Å². The lowest BCUT2D eigenvalue weighted by molar-refractivity contribution is 0.0429. The number of hydrogen-bond acceptors (Lipinski definition) is 3. The second-order valence-electron chi connectivity index (χ2n) is 6.89. The van der Waals surface area contributed by atoms with Gasteiger partial charge in [-0.25, -0.2) is 0 Å². The molecule has 25 heavy (non-hydrogen) atoms. The van der Waals surface area contributed by atoms with E-state index in [1.165, 1.54) is 5.56 Å². The van der Waals surface area contributed by atoms with E-state index in [9.17, 15) is 5.11 Å². The first-order valence-electron chi connectivity index (χ1n) is 8.72. The third-order valence-electron chi connectivity index (χ3n) is 5.53. The van der Waals surface area contributed by atoms with Crippen molar-refractivity contribution in [3.05, 3.63) is 78.4 Å². The summed E-state index contributed by atoms with van der Waals surface area (Å²) >= 11 is 0. The number of benzene rings is 2. The Balaban J connectivity index is 1.94. The van der Waals surface area contributed by atoms with E-state index < -0.39 is 5.72 Å². The predicted octanol–water partition coefficient (Wildman–Crippen LogP) is 4.13. The van der Waals surface area contributed by atoms with Gasteiger partial charge in [0.25, 0.3) is 0 Å². The van der Waals surface area contributed by atoms with Crippen LogP contribution in [0.5, 0.6) is 5.75 Å². The van der Waals surface area contributed by atoms with E-state index >= 15 is 0 Å². The number of anilines is 1. The molecule has 4 rings (SSSR count). The van der Waals surface area contributed by atoms with E-state index in [4.69, 9.17) is 4.74 Å². The minimum atomic E-state index is -0.679. The third kappa shape index (κ3) is 2.09. The number of ether oxygens (including phenoxy) is 1. The first-order valence-corrected chi connectivity index (χ1v) is 8.72. The van der Waals surface area contributed by atoms with E-state index in [2.05, 4.69) is 54.8 Å². The van der Waals surface area contributed by atoms with Crippen LogP contribution >= 0.6 is 0 Å². The van der Waals surface area contributed by atoms with Crippen molar-refractivity contribution in [2.75, 3.05) is 18.1 Å². The van der Waals surface area contributed by atoms with E-state index in [1.54, 1.807) is 0 Å². The molecule has 2 aliphatic heterocycles. The van der Waals surface area contributed by atoms with Crippen LogP contribution in [0.25, 0.3) is 6.08 Å². The molecule has 0 saturated heterocycles. The quantitative estimate of drug-likeness (QED) is 0.854. The summed E-state index contributed by atoms with van der Waals surface area (Å²) in [5, 5.41) is 9.72.